The number of para-hydroxylation sites is 2. The summed E-state index contributed by atoms with van der Waals surface area (Å²) >= 11 is 0. The second kappa shape index (κ2) is 5.08. The third-order valence-corrected chi connectivity index (χ3v) is 3.07. The van der Waals surface area contributed by atoms with E-state index >= 15 is 0 Å². The number of aliphatic carboxylic acids is 1. The van der Waals surface area contributed by atoms with Gasteiger partial charge in [0.05, 0.1) is 17.8 Å². The Labute approximate surface area is 105 Å². The van der Waals surface area contributed by atoms with Gasteiger partial charge >= 0.3 is 5.97 Å². The Kier molecular flexibility index (Phi) is 3.50. The molecular weight excluding hydrogens is 232 g/mol. The Morgan fingerprint density at radius 3 is 2.94 bits per heavy atom. The third kappa shape index (κ3) is 2.61. The van der Waals surface area contributed by atoms with Crippen LogP contribution in [0.15, 0.2) is 24.3 Å². The zero-order valence-corrected chi connectivity index (χ0v) is 10.2. The van der Waals surface area contributed by atoms with E-state index in [2.05, 4.69) is 5.32 Å². The summed E-state index contributed by atoms with van der Waals surface area (Å²) in [5.74, 6) is -0.865. The maximum atomic E-state index is 11.7. The smallest absolute Gasteiger partial charge is 0.305 e. The van der Waals surface area contributed by atoms with Gasteiger partial charge in [0.25, 0.3) is 0 Å². The van der Waals surface area contributed by atoms with E-state index in [1.165, 1.54) is 0 Å². The molecule has 5 heteroatoms. The van der Waals surface area contributed by atoms with Gasteiger partial charge in [0.2, 0.25) is 5.91 Å². The molecule has 2 rings (SSSR count). The average molecular weight is 248 g/mol. The van der Waals surface area contributed by atoms with Crippen LogP contribution in [0, 0.1) is 0 Å². The molecule has 1 unspecified atom stereocenters. The van der Waals surface area contributed by atoms with Gasteiger partial charge in [0.1, 0.15) is 0 Å². The largest absolute Gasteiger partial charge is 0.481 e. The van der Waals surface area contributed by atoms with E-state index in [-0.39, 0.29) is 18.4 Å². The number of carboxylic acids is 1. The Morgan fingerprint density at radius 1 is 1.50 bits per heavy atom. The number of nitrogens with zero attached hydrogens (tertiary/aromatic N) is 1. The average Bonchev–Trinajstić information content (AvgIpc) is 2.41. The lowest BCUT2D eigenvalue weighted by Gasteiger charge is -2.29. The molecule has 18 heavy (non-hydrogen) atoms. The summed E-state index contributed by atoms with van der Waals surface area (Å²) < 4.78 is 0. The van der Waals surface area contributed by atoms with Crippen molar-refractivity contribution in [3.05, 3.63) is 24.3 Å². The number of carbonyl (C=O) groups is 2. The number of anilines is 2. The molecular formula is C13H16N2O3. The van der Waals surface area contributed by atoms with Crippen LogP contribution in [0.3, 0.4) is 0 Å². The summed E-state index contributed by atoms with van der Waals surface area (Å²) in [5.41, 5.74) is 1.63. The molecule has 2 N–H and O–H groups in total. The Morgan fingerprint density at radius 2 is 2.22 bits per heavy atom. The fourth-order valence-corrected chi connectivity index (χ4v) is 2.20. The molecule has 0 aliphatic carbocycles. The van der Waals surface area contributed by atoms with Gasteiger partial charge in [0.15, 0.2) is 0 Å². The van der Waals surface area contributed by atoms with E-state index in [1.54, 1.807) is 0 Å². The Bertz CT molecular complexity index is 473. The second-order valence-corrected chi connectivity index (χ2v) is 4.46. The normalized spacial score (nSPS) is 18.8. The van der Waals surface area contributed by atoms with Crippen molar-refractivity contribution in [2.24, 2.45) is 0 Å². The number of carbonyl (C=O) groups excluding carboxylic acids is 1. The SMILES string of the molecule is CC1CC(=O)Nc2ccccc2N1CCC(=O)O. The predicted octanol–water partition coefficient (Wildman–Crippen LogP) is 1.70. The monoisotopic (exact) mass is 248 g/mol. The topological polar surface area (TPSA) is 69.6 Å². The third-order valence-electron chi connectivity index (χ3n) is 3.07. The molecule has 1 aliphatic heterocycles. The van der Waals surface area contributed by atoms with E-state index in [9.17, 15) is 9.59 Å². The molecule has 0 fully saturated rings. The van der Waals surface area contributed by atoms with Crippen molar-refractivity contribution in [2.75, 3.05) is 16.8 Å². The fraction of sp³-hybridized carbons (Fsp3) is 0.385. The molecule has 1 aromatic carbocycles. The van der Waals surface area contributed by atoms with Crippen LogP contribution in [0.25, 0.3) is 0 Å². The molecule has 1 aliphatic rings. The van der Waals surface area contributed by atoms with Gasteiger partial charge in [-0.3, -0.25) is 9.59 Å². The van der Waals surface area contributed by atoms with Crippen molar-refractivity contribution < 1.29 is 14.7 Å². The van der Waals surface area contributed by atoms with E-state index in [0.717, 1.165) is 11.4 Å². The number of benzene rings is 1. The number of hydrogen-bond acceptors (Lipinski definition) is 3. The highest BCUT2D eigenvalue weighted by Gasteiger charge is 2.24. The molecule has 0 spiro atoms. The highest BCUT2D eigenvalue weighted by atomic mass is 16.4. The summed E-state index contributed by atoms with van der Waals surface area (Å²) in [6, 6.07) is 7.47. The lowest BCUT2D eigenvalue weighted by Crippen LogP contribution is -2.35. The van der Waals surface area contributed by atoms with Gasteiger partial charge in [-0.05, 0) is 19.1 Å². The summed E-state index contributed by atoms with van der Waals surface area (Å²) in [7, 11) is 0. The molecule has 1 heterocycles. The number of fused-ring (bicyclic) bond motifs is 1. The molecule has 1 aromatic rings. The Balaban J connectivity index is 2.30. The minimum Gasteiger partial charge on any atom is -0.481 e. The zero-order chi connectivity index (χ0) is 13.1. The number of carboxylic acid groups (broad SMARTS) is 1. The van der Waals surface area contributed by atoms with E-state index in [0.29, 0.717) is 13.0 Å². The minimum atomic E-state index is -0.830. The van der Waals surface area contributed by atoms with Crippen molar-refractivity contribution in [2.45, 2.75) is 25.8 Å². The van der Waals surface area contributed by atoms with Crippen LogP contribution < -0.4 is 10.2 Å². The minimum absolute atomic E-state index is 0.00648. The lowest BCUT2D eigenvalue weighted by atomic mass is 10.1. The number of hydrogen-bond donors (Lipinski definition) is 2. The van der Waals surface area contributed by atoms with Crippen LogP contribution in [0.4, 0.5) is 11.4 Å². The van der Waals surface area contributed by atoms with E-state index in [1.807, 2.05) is 36.1 Å². The van der Waals surface area contributed by atoms with Gasteiger partial charge in [0, 0.05) is 19.0 Å². The van der Waals surface area contributed by atoms with Crippen molar-refractivity contribution >= 4 is 23.3 Å². The summed E-state index contributed by atoms with van der Waals surface area (Å²) in [5, 5.41) is 11.6. The van der Waals surface area contributed by atoms with Crippen LogP contribution in [0.1, 0.15) is 19.8 Å². The van der Waals surface area contributed by atoms with Crippen molar-refractivity contribution in [3.8, 4) is 0 Å². The zero-order valence-electron chi connectivity index (χ0n) is 10.2. The first kappa shape index (κ1) is 12.4. The Hall–Kier alpha value is -2.04. The van der Waals surface area contributed by atoms with Gasteiger partial charge in [-0.15, -0.1) is 0 Å². The van der Waals surface area contributed by atoms with Crippen molar-refractivity contribution in [1.82, 2.24) is 0 Å². The highest BCUT2D eigenvalue weighted by Crippen LogP contribution is 2.31. The quantitative estimate of drug-likeness (QED) is 0.854. The summed E-state index contributed by atoms with van der Waals surface area (Å²) in [6.45, 7) is 2.34. The highest BCUT2D eigenvalue weighted by molar-refractivity contribution is 5.96. The van der Waals surface area contributed by atoms with Crippen molar-refractivity contribution in [1.29, 1.82) is 0 Å². The van der Waals surface area contributed by atoms with Crippen LogP contribution in [0.2, 0.25) is 0 Å². The predicted molar refractivity (Wildman–Crippen MR) is 68.7 cm³/mol. The molecule has 1 atom stereocenters. The van der Waals surface area contributed by atoms with Crippen LogP contribution in [-0.2, 0) is 9.59 Å². The van der Waals surface area contributed by atoms with Gasteiger partial charge in [-0.25, -0.2) is 0 Å². The van der Waals surface area contributed by atoms with E-state index in [4.69, 9.17) is 5.11 Å². The van der Waals surface area contributed by atoms with Crippen LogP contribution >= 0.6 is 0 Å². The maximum Gasteiger partial charge on any atom is 0.305 e. The molecule has 0 bridgehead atoms. The molecule has 1 amide bonds. The first-order valence-corrected chi connectivity index (χ1v) is 5.95. The molecule has 0 saturated carbocycles. The van der Waals surface area contributed by atoms with E-state index < -0.39 is 5.97 Å². The molecule has 0 radical (unpaired) electrons. The molecule has 0 saturated heterocycles. The summed E-state index contributed by atoms with van der Waals surface area (Å²) in [4.78, 5) is 24.4. The van der Waals surface area contributed by atoms with Crippen LogP contribution in [0.5, 0.6) is 0 Å². The first-order chi connectivity index (χ1) is 8.58. The maximum absolute atomic E-state index is 11.7. The van der Waals surface area contributed by atoms with Gasteiger partial charge in [-0.2, -0.15) is 0 Å². The molecule has 0 aromatic heterocycles. The molecule has 5 nitrogen and oxygen atoms in total. The number of amides is 1. The fourth-order valence-electron chi connectivity index (χ4n) is 2.20. The first-order valence-electron chi connectivity index (χ1n) is 5.95. The molecule has 96 valence electrons. The van der Waals surface area contributed by atoms with Crippen molar-refractivity contribution in [3.63, 3.8) is 0 Å². The summed E-state index contributed by atoms with van der Waals surface area (Å²) in [6.07, 6.45) is 0.432. The number of rotatable bonds is 3. The second-order valence-electron chi connectivity index (χ2n) is 4.46. The lowest BCUT2D eigenvalue weighted by molar-refractivity contribution is -0.136. The van der Waals surface area contributed by atoms with Gasteiger partial charge in [-0.1, -0.05) is 12.1 Å². The standard InChI is InChI=1S/C13H16N2O3/c1-9-8-12(16)14-10-4-2-3-5-11(10)15(9)7-6-13(17)18/h2-5,9H,6-8H2,1H3,(H,14,16)(H,17,18). The van der Waals surface area contributed by atoms with Crippen LogP contribution in [-0.4, -0.2) is 29.6 Å². The van der Waals surface area contributed by atoms with Gasteiger partial charge < -0.3 is 15.3 Å². The number of nitrogens with one attached hydrogen (secondary N) is 1.